The molecule has 4 rings (SSSR count). The average Bonchev–Trinajstić information content (AvgIpc) is 3.02. The molecule has 0 amide bonds. The van der Waals surface area contributed by atoms with Crippen LogP contribution in [0.25, 0.3) is 0 Å². The Morgan fingerprint density at radius 1 is 1.28 bits per heavy atom. The van der Waals surface area contributed by atoms with Crippen LogP contribution in [0.4, 0.5) is 0 Å². The summed E-state index contributed by atoms with van der Waals surface area (Å²) in [4.78, 5) is 14.4. The van der Waals surface area contributed by atoms with E-state index < -0.39 is 11.4 Å². The molecule has 0 radical (unpaired) electrons. The van der Waals surface area contributed by atoms with Gasteiger partial charge in [0.1, 0.15) is 23.5 Å². The Kier molecular flexibility index (Phi) is 3.88. The first-order valence-electron chi connectivity index (χ1n) is 8.43. The average molecular weight is 339 g/mol. The summed E-state index contributed by atoms with van der Waals surface area (Å²) in [7, 11) is 1.66. The van der Waals surface area contributed by atoms with Crippen LogP contribution in [0.1, 0.15) is 17.0 Å². The molecule has 0 aromatic heterocycles. The molecule has 5 heteroatoms. The van der Waals surface area contributed by atoms with Crippen LogP contribution in [0, 0.1) is 5.41 Å². The molecule has 2 aromatic rings. The molecule has 25 heavy (non-hydrogen) atoms. The van der Waals surface area contributed by atoms with Crippen molar-refractivity contribution in [2.45, 2.75) is 12.5 Å². The summed E-state index contributed by atoms with van der Waals surface area (Å²) in [6.07, 6.45) is 0. The van der Waals surface area contributed by atoms with Crippen LogP contribution in [0.5, 0.6) is 11.5 Å². The van der Waals surface area contributed by atoms with Gasteiger partial charge in [0, 0.05) is 31.1 Å². The number of hydrogen-bond donors (Lipinski definition) is 1. The van der Waals surface area contributed by atoms with Crippen molar-refractivity contribution in [1.82, 2.24) is 4.90 Å². The Bertz CT molecular complexity index is 806. The number of para-hydroxylation sites is 2. The van der Waals surface area contributed by atoms with Gasteiger partial charge in [-0.25, -0.2) is 0 Å². The molecule has 0 bridgehead atoms. The van der Waals surface area contributed by atoms with Crippen LogP contribution in [0.2, 0.25) is 0 Å². The molecule has 130 valence electrons. The smallest absolute Gasteiger partial charge is 0.315 e. The molecule has 1 saturated heterocycles. The summed E-state index contributed by atoms with van der Waals surface area (Å²) in [5, 5.41) is 9.98. The second-order valence-electron chi connectivity index (χ2n) is 6.82. The number of nitrogens with zero attached hydrogens (tertiary/aromatic N) is 1. The molecule has 5 nitrogen and oxygen atoms in total. The topological polar surface area (TPSA) is 59.0 Å². The van der Waals surface area contributed by atoms with Gasteiger partial charge in [-0.2, -0.15) is 0 Å². The highest BCUT2D eigenvalue weighted by molar-refractivity contribution is 5.78. The number of aliphatic carboxylic acids is 1. The van der Waals surface area contributed by atoms with E-state index in [4.69, 9.17) is 9.47 Å². The van der Waals surface area contributed by atoms with Crippen molar-refractivity contribution in [3.8, 4) is 11.5 Å². The van der Waals surface area contributed by atoms with Crippen LogP contribution < -0.4 is 9.47 Å². The van der Waals surface area contributed by atoms with Gasteiger partial charge < -0.3 is 14.6 Å². The zero-order valence-corrected chi connectivity index (χ0v) is 14.1. The second-order valence-corrected chi connectivity index (χ2v) is 6.82. The first-order chi connectivity index (χ1) is 12.1. The maximum atomic E-state index is 12.2. The fourth-order valence-corrected chi connectivity index (χ4v) is 4.13. The zero-order chi connectivity index (χ0) is 17.4. The Labute approximate surface area is 146 Å². The third-order valence-corrected chi connectivity index (χ3v) is 5.41. The van der Waals surface area contributed by atoms with E-state index in [-0.39, 0.29) is 12.5 Å². The molecule has 0 spiro atoms. The van der Waals surface area contributed by atoms with E-state index in [1.807, 2.05) is 48.5 Å². The minimum atomic E-state index is -0.892. The molecule has 1 N–H and O–H groups in total. The number of rotatable bonds is 4. The van der Waals surface area contributed by atoms with Crippen molar-refractivity contribution < 1.29 is 19.4 Å². The molecule has 0 saturated carbocycles. The maximum absolute atomic E-state index is 12.2. The van der Waals surface area contributed by atoms with Crippen molar-refractivity contribution in [1.29, 1.82) is 0 Å². The molecule has 0 aliphatic carbocycles. The van der Waals surface area contributed by atoms with Crippen molar-refractivity contribution in [2.75, 3.05) is 26.8 Å². The van der Waals surface area contributed by atoms with Crippen LogP contribution in [-0.2, 0) is 11.3 Å². The largest absolute Gasteiger partial charge is 0.496 e. The number of hydrogen-bond acceptors (Lipinski definition) is 4. The third-order valence-electron chi connectivity index (χ3n) is 5.41. The summed E-state index contributed by atoms with van der Waals surface area (Å²) < 4.78 is 11.2. The summed E-state index contributed by atoms with van der Waals surface area (Å²) in [6.45, 7) is 2.05. The number of methoxy groups -OCH3 is 1. The van der Waals surface area contributed by atoms with Gasteiger partial charge in [0.15, 0.2) is 0 Å². The van der Waals surface area contributed by atoms with Gasteiger partial charge in [0.05, 0.1) is 7.11 Å². The Balaban J connectivity index is 1.66. The van der Waals surface area contributed by atoms with Gasteiger partial charge in [-0.05, 0) is 17.7 Å². The highest BCUT2D eigenvalue weighted by Crippen LogP contribution is 2.50. The first kappa shape index (κ1) is 16.0. The van der Waals surface area contributed by atoms with Crippen LogP contribution >= 0.6 is 0 Å². The fourth-order valence-electron chi connectivity index (χ4n) is 4.13. The number of carboxylic acid groups (broad SMARTS) is 1. The van der Waals surface area contributed by atoms with Crippen LogP contribution in [0.3, 0.4) is 0 Å². The van der Waals surface area contributed by atoms with Gasteiger partial charge in [0.25, 0.3) is 0 Å². The number of ether oxygens (including phenoxy) is 2. The van der Waals surface area contributed by atoms with Crippen LogP contribution in [-0.4, -0.2) is 42.8 Å². The van der Waals surface area contributed by atoms with Crippen molar-refractivity contribution >= 4 is 5.97 Å². The number of carbonyl (C=O) groups is 1. The third kappa shape index (κ3) is 2.55. The molecular weight excluding hydrogens is 318 g/mol. The van der Waals surface area contributed by atoms with E-state index in [2.05, 4.69) is 4.90 Å². The minimum Gasteiger partial charge on any atom is -0.496 e. The van der Waals surface area contributed by atoms with Gasteiger partial charge in [-0.15, -0.1) is 0 Å². The van der Waals surface area contributed by atoms with E-state index in [0.717, 1.165) is 22.6 Å². The van der Waals surface area contributed by atoms with Gasteiger partial charge in [0.2, 0.25) is 0 Å². The highest BCUT2D eigenvalue weighted by Gasteiger charge is 2.56. The summed E-state index contributed by atoms with van der Waals surface area (Å²) >= 11 is 0. The van der Waals surface area contributed by atoms with E-state index in [0.29, 0.717) is 19.6 Å². The summed E-state index contributed by atoms with van der Waals surface area (Å²) in [5.41, 5.74) is 1.17. The number of carboxylic acids is 1. The molecule has 0 unspecified atom stereocenters. The summed E-state index contributed by atoms with van der Waals surface area (Å²) in [5.74, 6) is 0.793. The quantitative estimate of drug-likeness (QED) is 0.928. The minimum absolute atomic E-state index is 0.0651. The van der Waals surface area contributed by atoms with Crippen molar-refractivity contribution in [2.24, 2.45) is 5.41 Å². The molecule has 2 heterocycles. The van der Waals surface area contributed by atoms with E-state index in [1.54, 1.807) is 7.11 Å². The predicted octanol–water partition coefficient (Wildman–Crippen LogP) is 2.76. The highest BCUT2D eigenvalue weighted by atomic mass is 16.5. The molecule has 2 atom stereocenters. The lowest BCUT2D eigenvalue weighted by Gasteiger charge is -2.35. The lowest BCUT2D eigenvalue weighted by molar-refractivity contribution is -0.151. The number of benzene rings is 2. The number of likely N-dealkylation sites (tertiary alicyclic amines) is 1. The van der Waals surface area contributed by atoms with Crippen molar-refractivity contribution in [3.63, 3.8) is 0 Å². The van der Waals surface area contributed by atoms with E-state index in [1.165, 1.54) is 0 Å². The van der Waals surface area contributed by atoms with Gasteiger partial charge >= 0.3 is 5.97 Å². The lowest BCUT2D eigenvalue weighted by atomic mass is 9.73. The normalized spacial score (nSPS) is 24.9. The standard InChI is InChI=1S/C20H21NO4/c1-24-17-8-4-2-6-14(17)10-21-11-16-15-7-3-5-9-18(15)25-13-20(16,12-21)19(22)23/h2-9,16H,10-13H2,1H3,(H,22,23)/t16-,20-/m1/s1. The number of fused-ring (bicyclic) bond motifs is 3. The monoisotopic (exact) mass is 339 g/mol. The second kappa shape index (κ2) is 6.08. The molecule has 2 aliphatic rings. The summed E-state index contributed by atoms with van der Waals surface area (Å²) in [6, 6.07) is 15.7. The van der Waals surface area contributed by atoms with Crippen LogP contribution in [0.15, 0.2) is 48.5 Å². The molecule has 1 fully saturated rings. The zero-order valence-electron chi connectivity index (χ0n) is 14.1. The molecule has 2 aliphatic heterocycles. The van der Waals surface area contributed by atoms with Gasteiger partial charge in [-0.3, -0.25) is 9.69 Å². The lowest BCUT2D eigenvalue weighted by Crippen LogP contribution is -2.45. The Morgan fingerprint density at radius 2 is 2.04 bits per heavy atom. The fraction of sp³-hybridized carbons (Fsp3) is 0.350. The SMILES string of the molecule is COc1ccccc1CN1C[C@@H]2c3ccccc3OC[C@]2(C(=O)O)C1. The van der Waals surface area contributed by atoms with Gasteiger partial charge in [-0.1, -0.05) is 36.4 Å². The predicted molar refractivity (Wildman–Crippen MR) is 93.0 cm³/mol. The van der Waals surface area contributed by atoms with Crippen molar-refractivity contribution in [3.05, 3.63) is 59.7 Å². The molecular formula is C20H21NO4. The first-order valence-corrected chi connectivity index (χ1v) is 8.43. The van der Waals surface area contributed by atoms with E-state index >= 15 is 0 Å². The maximum Gasteiger partial charge on any atom is 0.315 e. The van der Waals surface area contributed by atoms with E-state index in [9.17, 15) is 9.90 Å². The Hall–Kier alpha value is -2.53. The Morgan fingerprint density at radius 3 is 2.84 bits per heavy atom. The molecule has 2 aromatic carbocycles.